The first-order chi connectivity index (χ1) is 5.47. The van der Waals surface area contributed by atoms with Crippen molar-refractivity contribution in [1.29, 1.82) is 0 Å². The molecule has 0 aromatic heterocycles. The molecule has 2 heteroatoms. The molecule has 0 bridgehead atoms. The van der Waals surface area contributed by atoms with Crippen LogP contribution in [0.4, 0.5) is 0 Å². The number of hydrogen-bond donors (Lipinski definition) is 0. The van der Waals surface area contributed by atoms with E-state index in [1.807, 2.05) is 18.2 Å². The molecule has 0 saturated heterocycles. The summed E-state index contributed by atoms with van der Waals surface area (Å²) in [4.78, 5) is 0. The van der Waals surface area contributed by atoms with Crippen molar-refractivity contribution in [2.45, 2.75) is 0 Å². The average Bonchev–Trinajstić information content (AvgIpc) is 2.28. The minimum atomic E-state index is 0.549. The summed E-state index contributed by atoms with van der Waals surface area (Å²) in [6, 6.07) is 8.45. The summed E-state index contributed by atoms with van der Waals surface area (Å²) in [6.45, 7) is 0.549. The third-order valence-electron chi connectivity index (χ3n) is 1.40. The zero-order valence-electron chi connectivity index (χ0n) is 5.91. The summed E-state index contributed by atoms with van der Waals surface area (Å²) in [5, 5.41) is 0. The van der Waals surface area contributed by atoms with E-state index in [-0.39, 0.29) is 0 Å². The molecule has 11 heavy (non-hydrogen) atoms. The SMILES string of the molecule is [c]1cccc2c1OCC=CO2. The van der Waals surface area contributed by atoms with Gasteiger partial charge in [-0.25, -0.2) is 0 Å². The Balaban J connectivity index is 2.40. The van der Waals surface area contributed by atoms with Crippen LogP contribution in [0.1, 0.15) is 0 Å². The second kappa shape index (κ2) is 2.66. The summed E-state index contributed by atoms with van der Waals surface area (Å²) >= 11 is 0. The molecular formula is C9H7O2. The summed E-state index contributed by atoms with van der Waals surface area (Å²) in [5.74, 6) is 1.40. The van der Waals surface area contributed by atoms with Crippen molar-refractivity contribution in [1.82, 2.24) is 0 Å². The van der Waals surface area contributed by atoms with E-state index >= 15 is 0 Å². The molecule has 0 amide bonds. The Morgan fingerprint density at radius 3 is 3.45 bits per heavy atom. The molecule has 0 atom stereocenters. The van der Waals surface area contributed by atoms with Crippen LogP contribution in [0.15, 0.2) is 30.5 Å². The van der Waals surface area contributed by atoms with Crippen molar-refractivity contribution in [3.8, 4) is 11.5 Å². The van der Waals surface area contributed by atoms with Crippen molar-refractivity contribution >= 4 is 0 Å². The van der Waals surface area contributed by atoms with E-state index in [1.165, 1.54) is 0 Å². The van der Waals surface area contributed by atoms with E-state index in [2.05, 4.69) is 6.07 Å². The van der Waals surface area contributed by atoms with Crippen LogP contribution in [0.5, 0.6) is 11.5 Å². The van der Waals surface area contributed by atoms with Crippen LogP contribution < -0.4 is 9.47 Å². The number of hydrogen-bond acceptors (Lipinski definition) is 2. The second-order valence-corrected chi connectivity index (χ2v) is 2.16. The van der Waals surface area contributed by atoms with Crippen LogP contribution >= 0.6 is 0 Å². The van der Waals surface area contributed by atoms with Crippen LogP contribution in [0, 0.1) is 6.07 Å². The Hall–Kier alpha value is -1.44. The Kier molecular flexibility index (Phi) is 1.52. The molecule has 1 aliphatic rings. The summed E-state index contributed by atoms with van der Waals surface area (Å²) in [6.07, 6.45) is 3.44. The van der Waals surface area contributed by atoms with Gasteiger partial charge in [0.1, 0.15) is 6.61 Å². The monoisotopic (exact) mass is 147 g/mol. The summed E-state index contributed by atoms with van der Waals surface area (Å²) in [7, 11) is 0. The second-order valence-electron chi connectivity index (χ2n) is 2.16. The minimum Gasteiger partial charge on any atom is -0.485 e. The molecule has 0 fully saturated rings. The largest absolute Gasteiger partial charge is 0.485 e. The van der Waals surface area contributed by atoms with Crippen molar-refractivity contribution in [2.24, 2.45) is 0 Å². The first-order valence-corrected chi connectivity index (χ1v) is 3.42. The predicted octanol–water partition coefficient (Wildman–Crippen LogP) is 1.77. The number of fused-ring (bicyclic) bond motifs is 1. The Morgan fingerprint density at radius 1 is 1.45 bits per heavy atom. The summed E-state index contributed by atoms with van der Waals surface area (Å²) < 4.78 is 10.5. The molecule has 0 saturated carbocycles. The van der Waals surface area contributed by atoms with Crippen LogP contribution in [0.25, 0.3) is 0 Å². The Labute approximate surface area is 65.1 Å². The molecule has 1 aliphatic heterocycles. The molecule has 0 aliphatic carbocycles. The first kappa shape index (κ1) is 6.28. The van der Waals surface area contributed by atoms with E-state index < -0.39 is 0 Å². The molecule has 1 aromatic carbocycles. The molecule has 0 spiro atoms. The van der Waals surface area contributed by atoms with Gasteiger partial charge in [0.25, 0.3) is 0 Å². The lowest BCUT2D eigenvalue weighted by Gasteiger charge is -2.03. The lowest BCUT2D eigenvalue weighted by atomic mass is 10.3. The maximum atomic E-state index is 5.28. The molecule has 2 rings (SSSR count). The number of benzene rings is 1. The third kappa shape index (κ3) is 1.19. The zero-order valence-corrected chi connectivity index (χ0v) is 5.91. The van der Waals surface area contributed by atoms with E-state index in [0.717, 1.165) is 5.75 Å². The maximum Gasteiger partial charge on any atom is 0.170 e. The number of ether oxygens (including phenoxy) is 2. The van der Waals surface area contributed by atoms with Crippen molar-refractivity contribution in [3.05, 3.63) is 36.6 Å². The van der Waals surface area contributed by atoms with Crippen molar-refractivity contribution in [3.63, 3.8) is 0 Å². The normalized spacial score (nSPS) is 14.2. The van der Waals surface area contributed by atoms with E-state index in [4.69, 9.17) is 9.47 Å². The predicted molar refractivity (Wildman–Crippen MR) is 40.5 cm³/mol. The Morgan fingerprint density at radius 2 is 2.45 bits per heavy atom. The maximum absolute atomic E-state index is 5.28. The quantitative estimate of drug-likeness (QED) is 0.556. The van der Waals surface area contributed by atoms with Crippen LogP contribution in [0.3, 0.4) is 0 Å². The van der Waals surface area contributed by atoms with Gasteiger partial charge in [0.15, 0.2) is 11.5 Å². The van der Waals surface area contributed by atoms with Crippen molar-refractivity contribution in [2.75, 3.05) is 6.61 Å². The van der Waals surface area contributed by atoms with Gasteiger partial charge >= 0.3 is 0 Å². The lowest BCUT2D eigenvalue weighted by molar-refractivity contribution is 0.355. The molecule has 1 heterocycles. The van der Waals surface area contributed by atoms with Gasteiger partial charge < -0.3 is 9.47 Å². The standard InChI is InChI=1S/C9H7O2/c1-2-5-9-8(4-1)10-6-3-7-11-9/h1-4,6H,7H2. The Bertz CT molecular complexity index is 279. The van der Waals surface area contributed by atoms with Crippen LogP contribution in [-0.4, -0.2) is 6.61 Å². The summed E-state index contributed by atoms with van der Waals surface area (Å²) in [5.41, 5.74) is 0. The highest BCUT2D eigenvalue weighted by molar-refractivity contribution is 5.39. The number of para-hydroxylation sites is 1. The van der Waals surface area contributed by atoms with E-state index in [1.54, 1.807) is 12.3 Å². The van der Waals surface area contributed by atoms with Gasteiger partial charge in [0.05, 0.1) is 6.26 Å². The fourth-order valence-electron chi connectivity index (χ4n) is 0.904. The van der Waals surface area contributed by atoms with Gasteiger partial charge in [0.2, 0.25) is 0 Å². The highest BCUT2D eigenvalue weighted by Gasteiger charge is 2.04. The lowest BCUT2D eigenvalue weighted by Crippen LogP contribution is -1.91. The molecule has 55 valence electrons. The number of rotatable bonds is 0. The molecule has 2 nitrogen and oxygen atoms in total. The van der Waals surface area contributed by atoms with Crippen LogP contribution in [0.2, 0.25) is 0 Å². The van der Waals surface area contributed by atoms with E-state index in [9.17, 15) is 0 Å². The highest BCUT2D eigenvalue weighted by Crippen LogP contribution is 2.27. The van der Waals surface area contributed by atoms with E-state index in [0.29, 0.717) is 12.4 Å². The van der Waals surface area contributed by atoms with Gasteiger partial charge in [0, 0.05) is 6.07 Å². The molecule has 0 N–H and O–H groups in total. The fourth-order valence-corrected chi connectivity index (χ4v) is 0.904. The fraction of sp³-hybridized carbons (Fsp3) is 0.111. The minimum absolute atomic E-state index is 0.549. The van der Waals surface area contributed by atoms with Gasteiger partial charge in [-0.3, -0.25) is 0 Å². The van der Waals surface area contributed by atoms with Crippen molar-refractivity contribution < 1.29 is 9.47 Å². The van der Waals surface area contributed by atoms with Gasteiger partial charge in [-0.2, -0.15) is 0 Å². The highest BCUT2D eigenvalue weighted by atomic mass is 16.5. The average molecular weight is 147 g/mol. The van der Waals surface area contributed by atoms with Crippen LogP contribution in [-0.2, 0) is 0 Å². The smallest absolute Gasteiger partial charge is 0.170 e. The topological polar surface area (TPSA) is 18.5 Å². The third-order valence-corrected chi connectivity index (χ3v) is 1.40. The van der Waals surface area contributed by atoms with Gasteiger partial charge in [-0.05, 0) is 12.1 Å². The molecular weight excluding hydrogens is 140 g/mol. The molecule has 0 unspecified atom stereocenters. The first-order valence-electron chi connectivity index (χ1n) is 3.42. The van der Waals surface area contributed by atoms with Gasteiger partial charge in [-0.1, -0.05) is 12.1 Å². The van der Waals surface area contributed by atoms with Gasteiger partial charge in [-0.15, -0.1) is 0 Å². The molecule has 1 aromatic rings. The molecule has 1 radical (unpaired) electrons. The zero-order chi connectivity index (χ0) is 7.52.